The zero-order valence-electron chi connectivity index (χ0n) is 37.6. The summed E-state index contributed by atoms with van der Waals surface area (Å²) in [6.07, 6.45) is 5.62. The Morgan fingerprint density at radius 3 is 1.88 bits per heavy atom. The topological polar surface area (TPSA) is 28.9 Å². The van der Waals surface area contributed by atoms with E-state index >= 15 is 0 Å². The number of nitrogens with zero attached hydrogens (tertiary/aromatic N) is 2. The molecule has 10 aromatic carbocycles. The lowest BCUT2D eigenvalue weighted by Gasteiger charge is -2.40. The summed E-state index contributed by atoms with van der Waals surface area (Å²) >= 11 is 0. The smallest absolute Gasteiger partial charge is 0.159 e. The fraction of sp³-hybridized carbons (Fsp3) is 0.0625. The molecule has 0 amide bonds. The minimum absolute atomic E-state index is 0.548. The predicted molar refractivity (Wildman–Crippen MR) is 282 cm³/mol. The number of rotatable bonds is 8. The van der Waals surface area contributed by atoms with Gasteiger partial charge in [-0.25, -0.2) is 0 Å². The molecular formula is C64H46N2O2. The number of furan rings is 1. The molecule has 4 heteroatoms. The van der Waals surface area contributed by atoms with Crippen LogP contribution in [0.2, 0.25) is 0 Å². The lowest BCUT2D eigenvalue weighted by molar-refractivity contribution is 0.436. The highest BCUT2D eigenvalue weighted by Gasteiger charge is 2.51. The maximum absolute atomic E-state index is 7.12. The third-order valence-corrected chi connectivity index (χ3v) is 14.1. The first-order chi connectivity index (χ1) is 33.7. The number of hydrogen-bond acceptors (Lipinski definition) is 4. The van der Waals surface area contributed by atoms with Crippen molar-refractivity contribution in [3.63, 3.8) is 0 Å². The highest BCUT2D eigenvalue weighted by Crippen LogP contribution is 2.62. The highest BCUT2D eigenvalue weighted by molar-refractivity contribution is 6.16. The van der Waals surface area contributed by atoms with Crippen molar-refractivity contribution in [1.29, 1.82) is 0 Å². The first-order valence-corrected chi connectivity index (χ1v) is 23.6. The summed E-state index contributed by atoms with van der Waals surface area (Å²) in [5, 5.41) is 6.99. The Morgan fingerprint density at radius 2 is 1.09 bits per heavy atom. The summed E-state index contributed by atoms with van der Waals surface area (Å²) < 4.78 is 14.1. The van der Waals surface area contributed by atoms with Crippen molar-refractivity contribution in [3.05, 3.63) is 257 Å². The first-order valence-electron chi connectivity index (χ1n) is 23.6. The lowest BCUT2D eigenvalue weighted by atomic mass is 9.66. The number of para-hydroxylation sites is 3. The van der Waals surface area contributed by atoms with E-state index in [4.69, 9.17) is 9.15 Å². The van der Waals surface area contributed by atoms with Crippen molar-refractivity contribution < 1.29 is 9.15 Å². The van der Waals surface area contributed by atoms with Crippen molar-refractivity contribution in [3.8, 4) is 22.6 Å². The molecule has 0 fully saturated rings. The van der Waals surface area contributed by atoms with Crippen LogP contribution in [-0.2, 0) is 5.41 Å². The Morgan fingerprint density at radius 1 is 0.456 bits per heavy atom. The number of fused-ring (bicyclic) bond motifs is 13. The van der Waals surface area contributed by atoms with Crippen LogP contribution in [0.4, 0.5) is 28.4 Å². The van der Waals surface area contributed by atoms with Crippen molar-refractivity contribution in [2.45, 2.75) is 18.8 Å². The van der Waals surface area contributed by atoms with Gasteiger partial charge in [0.15, 0.2) is 5.58 Å². The molecule has 11 aromatic rings. The van der Waals surface area contributed by atoms with E-state index in [9.17, 15) is 0 Å². The maximum atomic E-state index is 7.12. The van der Waals surface area contributed by atoms with Crippen LogP contribution in [0.3, 0.4) is 0 Å². The summed E-state index contributed by atoms with van der Waals surface area (Å²) in [4.78, 5) is 4.75. The largest absolute Gasteiger partial charge is 0.457 e. The summed E-state index contributed by atoms with van der Waals surface area (Å²) in [5.74, 6) is 1.69. The molecule has 0 radical (unpaired) electrons. The maximum Gasteiger partial charge on any atom is 0.159 e. The standard InChI is InChI=1S/C64H46N2O2/c1-2-18-43-19-6-7-21-45(43)39-40-65(48-36-35-44-20-8-9-22-46(44)41-48)57-31-17-34-60-62(57)52-27-16-32-58(63(52)68-60)66(47-23-4-3-5-24-47)49-37-38-56-61(42-49)67-59-33-15-14-30-55(59)64(56)53-28-12-10-25-50(53)51-26-11-13-29-54(51)64/h3-39,41-42H,2,40H2,1H3/b43-18-,45-39-. The van der Waals surface area contributed by atoms with Gasteiger partial charge in [-0.1, -0.05) is 183 Å². The predicted octanol–water partition coefficient (Wildman–Crippen LogP) is 15.5. The Bertz CT molecular complexity index is 3840. The van der Waals surface area contributed by atoms with E-state index in [2.05, 4.69) is 253 Å². The monoisotopic (exact) mass is 874 g/mol. The van der Waals surface area contributed by atoms with Crippen LogP contribution in [0.25, 0.3) is 56.0 Å². The van der Waals surface area contributed by atoms with Gasteiger partial charge in [0.2, 0.25) is 0 Å². The summed E-state index contributed by atoms with van der Waals surface area (Å²) in [6.45, 7) is 2.85. The van der Waals surface area contributed by atoms with Crippen molar-refractivity contribution in [1.82, 2.24) is 0 Å². The van der Waals surface area contributed by atoms with E-state index in [1.807, 2.05) is 0 Å². The second kappa shape index (κ2) is 16.1. The van der Waals surface area contributed by atoms with Crippen LogP contribution >= 0.6 is 0 Å². The number of ether oxygens (including phenoxy) is 1. The van der Waals surface area contributed by atoms with Gasteiger partial charge < -0.3 is 19.0 Å². The molecule has 0 saturated heterocycles. The second-order valence-electron chi connectivity index (χ2n) is 17.8. The molecule has 0 unspecified atom stereocenters. The van der Waals surface area contributed by atoms with E-state index in [-0.39, 0.29) is 0 Å². The summed E-state index contributed by atoms with van der Waals surface area (Å²) in [6, 6.07) is 80.7. The molecule has 13 rings (SSSR count). The van der Waals surface area contributed by atoms with Crippen molar-refractivity contribution >= 4 is 73.3 Å². The van der Waals surface area contributed by atoms with E-state index in [0.29, 0.717) is 6.54 Å². The number of anilines is 5. The SMILES string of the molecule is CC/C=c1/cccc/c1=C/CN(c1ccc2ccccc2c1)c1cccc2oc3c(N(c4ccccc4)c4ccc5c(c4)Oc4ccccc4C54c5ccccc5-c5ccccc54)cccc3c12. The van der Waals surface area contributed by atoms with Gasteiger partial charge in [0.25, 0.3) is 0 Å². The normalized spacial score (nSPS) is 13.6. The van der Waals surface area contributed by atoms with Crippen LogP contribution in [-0.4, -0.2) is 6.54 Å². The molecule has 0 bridgehead atoms. The van der Waals surface area contributed by atoms with Gasteiger partial charge in [0, 0.05) is 46.2 Å². The molecule has 2 aliphatic rings. The molecule has 68 heavy (non-hydrogen) atoms. The van der Waals surface area contributed by atoms with Gasteiger partial charge in [0.1, 0.15) is 17.1 Å². The first kappa shape index (κ1) is 39.7. The minimum Gasteiger partial charge on any atom is -0.457 e. The third kappa shape index (κ3) is 6.14. The van der Waals surface area contributed by atoms with Gasteiger partial charge in [0.05, 0.1) is 22.2 Å². The average molecular weight is 875 g/mol. The lowest BCUT2D eigenvalue weighted by Crippen LogP contribution is -2.32. The fourth-order valence-electron chi connectivity index (χ4n) is 11.2. The fourth-order valence-corrected chi connectivity index (χ4v) is 11.2. The van der Waals surface area contributed by atoms with Crippen molar-refractivity contribution in [2.75, 3.05) is 16.3 Å². The van der Waals surface area contributed by atoms with Gasteiger partial charge in [-0.05, 0) is 104 Å². The van der Waals surface area contributed by atoms with E-state index in [0.717, 1.165) is 79.4 Å². The highest BCUT2D eigenvalue weighted by atomic mass is 16.5. The summed E-state index contributed by atoms with van der Waals surface area (Å²) in [7, 11) is 0. The third-order valence-electron chi connectivity index (χ3n) is 14.1. The molecule has 1 aliphatic carbocycles. The molecule has 0 saturated carbocycles. The van der Waals surface area contributed by atoms with Gasteiger partial charge in [-0.3, -0.25) is 0 Å². The van der Waals surface area contributed by atoms with Crippen LogP contribution in [0.15, 0.2) is 229 Å². The molecule has 1 aromatic heterocycles. The van der Waals surface area contributed by atoms with Crippen LogP contribution in [0.1, 0.15) is 35.6 Å². The van der Waals surface area contributed by atoms with Crippen LogP contribution in [0.5, 0.6) is 11.5 Å². The van der Waals surface area contributed by atoms with Crippen LogP contribution in [0, 0.1) is 0 Å². The molecule has 0 N–H and O–H groups in total. The zero-order chi connectivity index (χ0) is 45.2. The molecular weight excluding hydrogens is 829 g/mol. The van der Waals surface area contributed by atoms with Gasteiger partial charge in [-0.15, -0.1) is 0 Å². The molecule has 4 nitrogen and oxygen atoms in total. The molecule has 324 valence electrons. The molecule has 2 heterocycles. The van der Waals surface area contributed by atoms with E-state index in [1.165, 1.54) is 43.5 Å². The van der Waals surface area contributed by atoms with Gasteiger partial charge >= 0.3 is 0 Å². The second-order valence-corrected chi connectivity index (χ2v) is 17.8. The minimum atomic E-state index is -0.548. The molecule has 0 atom stereocenters. The quantitative estimate of drug-likeness (QED) is 0.152. The molecule has 1 spiro atoms. The Labute approximate surface area is 395 Å². The Balaban J connectivity index is 1.00. The number of benzene rings is 10. The van der Waals surface area contributed by atoms with Gasteiger partial charge in [-0.2, -0.15) is 0 Å². The Hall–Kier alpha value is -8.60. The average Bonchev–Trinajstić information content (AvgIpc) is 3.92. The van der Waals surface area contributed by atoms with Crippen molar-refractivity contribution in [2.24, 2.45) is 0 Å². The number of hydrogen-bond donors (Lipinski definition) is 0. The van der Waals surface area contributed by atoms with E-state index < -0.39 is 5.41 Å². The zero-order valence-corrected chi connectivity index (χ0v) is 37.6. The van der Waals surface area contributed by atoms with Crippen LogP contribution < -0.4 is 25.0 Å². The Kier molecular flexibility index (Phi) is 9.40. The summed E-state index contributed by atoms with van der Waals surface area (Å²) in [5.41, 5.74) is 13.5. The van der Waals surface area contributed by atoms with E-state index in [1.54, 1.807) is 0 Å². The molecule has 1 aliphatic heterocycles.